The third-order valence-electron chi connectivity index (χ3n) is 3.77. The molecule has 1 amide bonds. The molecule has 3 nitrogen and oxygen atoms in total. The van der Waals surface area contributed by atoms with E-state index in [1.54, 1.807) is 0 Å². The van der Waals surface area contributed by atoms with Gasteiger partial charge in [-0.05, 0) is 25.2 Å². The molecule has 0 aromatic rings. The van der Waals surface area contributed by atoms with E-state index >= 15 is 0 Å². The van der Waals surface area contributed by atoms with Crippen LogP contribution in [0.15, 0.2) is 0 Å². The normalized spacial score (nSPS) is 28.3. The summed E-state index contributed by atoms with van der Waals surface area (Å²) < 4.78 is 0. The summed E-state index contributed by atoms with van der Waals surface area (Å²) in [5.74, 6) is 0.998. The predicted molar refractivity (Wildman–Crippen MR) is 60.4 cm³/mol. The Kier molecular flexibility index (Phi) is 3.62. The van der Waals surface area contributed by atoms with Crippen molar-refractivity contribution in [1.82, 2.24) is 4.90 Å². The first-order valence-corrected chi connectivity index (χ1v) is 6.29. The Bertz CT molecular complexity index is 224. The van der Waals surface area contributed by atoms with Crippen LogP contribution in [0.2, 0.25) is 0 Å². The van der Waals surface area contributed by atoms with Crippen molar-refractivity contribution in [3.63, 3.8) is 0 Å². The highest BCUT2D eigenvalue weighted by Crippen LogP contribution is 2.27. The van der Waals surface area contributed by atoms with Crippen molar-refractivity contribution in [1.29, 1.82) is 0 Å². The van der Waals surface area contributed by atoms with Crippen LogP contribution in [0.5, 0.6) is 0 Å². The molecule has 1 heterocycles. The largest absolute Gasteiger partial charge is 0.341 e. The number of nitrogens with zero attached hydrogens (tertiary/aromatic N) is 1. The number of amides is 1. The maximum Gasteiger partial charge on any atom is 0.222 e. The van der Waals surface area contributed by atoms with E-state index in [1.807, 2.05) is 4.90 Å². The zero-order chi connectivity index (χ0) is 10.7. The molecule has 0 radical (unpaired) electrons. The summed E-state index contributed by atoms with van der Waals surface area (Å²) in [5, 5.41) is 0. The Labute approximate surface area is 92.0 Å². The Morgan fingerprint density at radius 2 is 1.93 bits per heavy atom. The molecule has 15 heavy (non-hydrogen) atoms. The summed E-state index contributed by atoms with van der Waals surface area (Å²) in [4.78, 5) is 13.9. The van der Waals surface area contributed by atoms with Gasteiger partial charge in [-0.25, -0.2) is 0 Å². The van der Waals surface area contributed by atoms with Gasteiger partial charge in [-0.2, -0.15) is 0 Å². The quantitative estimate of drug-likeness (QED) is 0.751. The van der Waals surface area contributed by atoms with E-state index in [0.29, 0.717) is 11.8 Å². The second-order valence-electron chi connectivity index (χ2n) is 5.10. The van der Waals surface area contributed by atoms with Crippen molar-refractivity contribution in [3.8, 4) is 0 Å². The van der Waals surface area contributed by atoms with Crippen LogP contribution >= 0.6 is 0 Å². The van der Waals surface area contributed by atoms with Gasteiger partial charge >= 0.3 is 0 Å². The molecule has 2 rings (SSSR count). The number of rotatable bonds is 2. The lowest BCUT2D eigenvalue weighted by molar-refractivity contribution is -0.131. The number of nitrogens with two attached hydrogens (primary N) is 1. The van der Waals surface area contributed by atoms with Crippen molar-refractivity contribution < 1.29 is 4.79 Å². The molecule has 0 unspecified atom stereocenters. The van der Waals surface area contributed by atoms with E-state index in [2.05, 4.69) is 0 Å². The van der Waals surface area contributed by atoms with Gasteiger partial charge in [-0.15, -0.1) is 0 Å². The third kappa shape index (κ3) is 2.94. The van der Waals surface area contributed by atoms with E-state index in [9.17, 15) is 4.79 Å². The number of hydrogen-bond acceptors (Lipinski definition) is 2. The lowest BCUT2D eigenvalue weighted by Gasteiger charge is -2.24. The zero-order valence-electron chi connectivity index (χ0n) is 9.45. The van der Waals surface area contributed by atoms with E-state index in [1.165, 1.54) is 32.1 Å². The molecule has 1 aliphatic carbocycles. The molecule has 2 aliphatic rings. The first-order valence-electron chi connectivity index (χ1n) is 6.29. The first kappa shape index (κ1) is 10.9. The molecule has 0 aromatic carbocycles. The highest BCUT2D eigenvalue weighted by molar-refractivity contribution is 5.76. The van der Waals surface area contributed by atoms with E-state index in [4.69, 9.17) is 5.73 Å². The molecular formula is C12H22N2O. The van der Waals surface area contributed by atoms with Crippen molar-refractivity contribution in [2.75, 3.05) is 13.1 Å². The van der Waals surface area contributed by atoms with Gasteiger partial charge in [0.25, 0.3) is 0 Å². The second-order valence-corrected chi connectivity index (χ2v) is 5.10. The average molecular weight is 210 g/mol. The number of carbonyl (C=O) groups excluding carboxylic acids is 1. The summed E-state index contributed by atoms with van der Waals surface area (Å²) in [6, 6.07) is 0.223. The van der Waals surface area contributed by atoms with Crippen LogP contribution in [-0.2, 0) is 4.79 Å². The van der Waals surface area contributed by atoms with Crippen LogP contribution in [0.25, 0.3) is 0 Å². The van der Waals surface area contributed by atoms with Gasteiger partial charge in [0.15, 0.2) is 0 Å². The minimum Gasteiger partial charge on any atom is -0.341 e. The van der Waals surface area contributed by atoms with Gasteiger partial charge in [-0.3, -0.25) is 4.79 Å². The summed E-state index contributed by atoms with van der Waals surface area (Å²) in [6.45, 7) is 1.66. The smallest absolute Gasteiger partial charge is 0.222 e. The number of hydrogen-bond donors (Lipinski definition) is 1. The summed E-state index contributed by atoms with van der Waals surface area (Å²) in [6.07, 6.45) is 8.26. The van der Waals surface area contributed by atoms with Crippen molar-refractivity contribution in [2.45, 2.75) is 51.0 Å². The molecule has 0 spiro atoms. The Balaban J connectivity index is 1.76. The lowest BCUT2D eigenvalue weighted by atomic mass is 9.87. The fourth-order valence-electron chi connectivity index (χ4n) is 2.78. The van der Waals surface area contributed by atoms with Crippen LogP contribution in [0.3, 0.4) is 0 Å². The van der Waals surface area contributed by atoms with Crippen molar-refractivity contribution in [3.05, 3.63) is 0 Å². The fraction of sp³-hybridized carbons (Fsp3) is 0.917. The molecule has 1 atom stereocenters. The Morgan fingerprint density at radius 1 is 1.20 bits per heavy atom. The molecule has 2 N–H and O–H groups in total. The van der Waals surface area contributed by atoms with Crippen molar-refractivity contribution in [2.24, 2.45) is 11.7 Å². The molecule has 0 aromatic heterocycles. The molecule has 2 fully saturated rings. The molecular weight excluding hydrogens is 188 g/mol. The minimum absolute atomic E-state index is 0.223. The summed E-state index contributed by atoms with van der Waals surface area (Å²) in [7, 11) is 0. The molecule has 86 valence electrons. The van der Waals surface area contributed by atoms with E-state index in [0.717, 1.165) is 25.9 Å². The second kappa shape index (κ2) is 4.97. The molecule has 1 saturated carbocycles. The zero-order valence-corrected chi connectivity index (χ0v) is 9.45. The molecule has 1 saturated heterocycles. The van der Waals surface area contributed by atoms with Gasteiger partial charge in [0, 0.05) is 25.6 Å². The molecule has 3 heteroatoms. The van der Waals surface area contributed by atoms with Crippen LogP contribution in [0.1, 0.15) is 44.9 Å². The monoisotopic (exact) mass is 210 g/mol. The maximum atomic E-state index is 11.9. The standard InChI is InChI=1S/C12H22N2O/c13-11-6-7-14(9-11)12(15)8-10-4-2-1-3-5-10/h10-11H,1-9,13H2/t11-/m0/s1. The molecule has 0 bridgehead atoms. The summed E-state index contributed by atoms with van der Waals surface area (Å²) in [5.41, 5.74) is 5.80. The molecule has 1 aliphatic heterocycles. The highest BCUT2D eigenvalue weighted by atomic mass is 16.2. The number of carbonyl (C=O) groups is 1. The fourth-order valence-corrected chi connectivity index (χ4v) is 2.78. The van der Waals surface area contributed by atoms with Crippen LogP contribution in [-0.4, -0.2) is 29.9 Å². The van der Waals surface area contributed by atoms with E-state index in [-0.39, 0.29) is 6.04 Å². The average Bonchev–Trinajstić information content (AvgIpc) is 2.66. The topological polar surface area (TPSA) is 46.3 Å². The minimum atomic E-state index is 0.223. The Morgan fingerprint density at radius 3 is 2.53 bits per heavy atom. The number of likely N-dealkylation sites (tertiary alicyclic amines) is 1. The van der Waals surface area contributed by atoms with Gasteiger partial charge < -0.3 is 10.6 Å². The van der Waals surface area contributed by atoms with Crippen LogP contribution < -0.4 is 5.73 Å². The maximum absolute atomic E-state index is 11.9. The van der Waals surface area contributed by atoms with Gasteiger partial charge in [0.1, 0.15) is 0 Å². The van der Waals surface area contributed by atoms with Gasteiger partial charge in [-0.1, -0.05) is 19.3 Å². The van der Waals surface area contributed by atoms with Gasteiger partial charge in [0.05, 0.1) is 0 Å². The SMILES string of the molecule is N[C@H]1CCN(C(=O)CC2CCCCC2)C1. The van der Waals surface area contributed by atoms with Crippen LogP contribution in [0.4, 0.5) is 0 Å². The predicted octanol–water partition coefficient (Wildman–Crippen LogP) is 1.52. The van der Waals surface area contributed by atoms with Gasteiger partial charge in [0.2, 0.25) is 5.91 Å². The van der Waals surface area contributed by atoms with Crippen molar-refractivity contribution >= 4 is 5.91 Å². The van der Waals surface area contributed by atoms with Crippen LogP contribution in [0, 0.1) is 5.92 Å². The summed E-state index contributed by atoms with van der Waals surface area (Å²) >= 11 is 0. The lowest BCUT2D eigenvalue weighted by Crippen LogP contribution is -2.33. The highest BCUT2D eigenvalue weighted by Gasteiger charge is 2.26. The Hall–Kier alpha value is -0.570. The third-order valence-corrected chi connectivity index (χ3v) is 3.77. The van der Waals surface area contributed by atoms with E-state index < -0.39 is 0 Å². The first-order chi connectivity index (χ1) is 7.25.